The van der Waals surface area contributed by atoms with E-state index in [1.807, 2.05) is 31.3 Å². The number of phenols is 1. The number of aromatic amines is 1. The zero-order valence-electron chi connectivity index (χ0n) is 14.7. The van der Waals surface area contributed by atoms with Crippen LogP contribution in [0.1, 0.15) is 16.7 Å². The summed E-state index contributed by atoms with van der Waals surface area (Å²) in [4.78, 5) is 22.0. The molecule has 0 spiro atoms. The van der Waals surface area contributed by atoms with E-state index in [-0.39, 0.29) is 11.7 Å². The van der Waals surface area contributed by atoms with Crippen LogP contribution in [-0.2, 0) is 11.2 Å². The summed E-state index contributed by atoms with van der Waals surface area (Å²) in [6.45, 7) is 2.68. The van der Waals surface area contributed by atoms with Crippen LogP contribution in [0.2, 0.25) is 0 Å². The molecule has 2 N–H and O–H groups in total. The number of nitrogens with zero attached hydrogens (tertiary/aromatic N) is 2. The highest BCUT2D eigenvalue weighted by Gasteiger charge is 2.27. The van der Waals surface area contributed by atoms with E-state index >= 15 is 0 Å². The second-order valence-corrected chi connectivity index (χ2v) is 7.61. The third kappa shape index (κ3) is 2.44. The number of benzene rings is 1. The van der Waals surface area contributed by atoms with Crippen LogP contribution in [0, 0.1) is 6.92 Å². The fourth-order valence-corrected chi connectivity index (χ4v) is 4.85. The lowest BCUT2D eigenvalue weighted by Gasteiger charge is -2.16. The topological polar surface area (TPSA) is 69.2 Å². The molecule has 0 saturated heterocycles. The van der Waals surface area contributed by atoms with Crippen molar-refractivity contribution < 1.29 is 9.90 Å². The number of aryl methyl sites for hydroxylation is 1. The summed E-state index contributed by atoms with van der Waals surface area (Å²) in [5.74, 6) is 0.159. The third-order valence-electron chi connectivity index (χ3n) is 5.12. The van der Waals surface area contributed by atoms with Gasteiger partial charge in [-0.1, -0.05) is 0 Å². The Kier molecular flexibility index (Phi) is 3.55. The van der Waals surface area contributed by atoms with Gasteiger partial charge in [-0.25, -0.2) is 4.98 Å². The molecule has 4 heterocycles. The number of phenolic OH excluding ortho intramolecular Hbond substituents is 1. The molecule has 0 aliphatic carbocycles. The van der Waals surface area contributed by atoms with Gasteiger partial charge in [-0.3, -0.25) is 4.79 Å². The molecule has 3 aromatic heterocycles. The van der Waals surface area contributed by atoms with Gasteiger partial charge in [0.25, 0.3) is 5.91 Å². The van der Waals surface area contributed by atoms with Crippen molar-refractivity contribution in [3.05, 3.63) is 58.7 Å². The molecule has 1 amide bonds. The molecule has 6 heteroatoms. The summed E-state index contributed by atoms with van der Waals surface area (Å²) in [5, 5.41) is 14.5. The largest absolute Gasteiger partial charge is 0.506 e. The molecule has 134 valence electrons. The van der Waals surface area contributed by atoms with Crippen LogP contribution in [0.5, 0.6) is 5.75 Å². The van der Waals surface area contributed by atoms with E-state index in [1.165, 1.54) is 0 Å². The van der Waals surface area contributed by atoms with Gasteiger partial charge in [0.2, 0.25) is 0 Å². The number of rotatable bonds is 2. The van der Waals surface area contributed by atoms with Crippen LogP contribution in [0.25, 0.3) is 27.2 Å². The predicted octanol–water partition coefficient (Wildman–Crippen LogP) is 4.39. The summed E-state index contributed by atoms with van der Waals surface area (Å²) in [5.41, 5.74) is 4.85. The van der Waals surface area contributed by atoms with Crippen LogP contribution in [0.15, 0.2) is 42.0 Å². The minimum absolute atomic E-state index is 0.0846. The van der Waals surface area contributed by atoms with Crippen molar-refractivity contribution in [3.63, 3.8) is 0 Å². The molecule has 0 unspecified atom stereocenters. The molecule has 0 atom stereocenters. The first-order valence-corrected chi connectivity index (χ1v) is 9.66. The molecule has 27 heavy (non-hydrogen) atoms. The normalized spacial score (nSPS) is 13.9. The number of hydrogen-bond donors (Lipinski definition) is 2. The molecule has 4 aromatic rings. The van der Waals surface area contributed by atoms with Gasteiger partial charge in [0.05, 0.1) is 10.4 Å². The molecular formula is C21H17N3O2S. The lowest BCUT2D eigenvalue weighted by molar-refractivity contribution is -0.114. The number of nitrogens with one attached hydrogen (secondary N) is 1. The van der Waals surface area contributed by atoms with Gasteiger partial charge >= 0.3 is 0 Å². The number of thiophene rings is 1. The fraction of sp³-hybridized carbons (Fsp3) is 0.143. The first kappa shape index (κ1) is 16.1. The van der Waals surface area contributed by atoms with Crippen LogP contribution in [0.4, 0.5) is 5.69 Å². The smallest absolute Gasteiger partial charge is 0.251 e. The zero-order valence-corrected chi connectivity index (χ0v) is 15.5. The minimum atomic E-state index is -0.0846. The van der Waals surface area contributed by atoms with E-state index in [9.17, 15) is 9.90 Å². The molecule has 0 radical (unpaired) electrons. The van der Waals surface area contributed by atoms with Crippen molar-refractivity contribution in [3.8, 4) is 5.75 Å². The molecule has 5 nitrogen and oxygen atoms in total. The minimum Gasteiger partial charge on any atom is -0.506 e. The van der Waals surface area contributed by atoms with E-state index in [0.29, 0.717) is 6.54 Å². The Labute approximate surface area is 159 Å². The van der Waals surface area contributed by atoms with Crippen LogP contribution in [-0.4, -0.2) is 27.5 Å². The Morgan fingerprint density at radius 3 is 3.22 bits per heavy atom. The van der Waals surface area contributed by atoms with Crippen molar-refractivity contribution in [1.82, 2.24) is 9.97 Å². The van der Waals surface area contributed by atoms with Gasteiger partial charge < -0.3 is 15.0 Å². The Morgan fingerprint density at radius 1 is 1.44 bits per heavy atom. The van der Waals surface area contributed by atoms with Gasteiger partial charge in [-0.15, -0.1) is 11.3 Å². The lowest BCUT2D eigenvalue weighted by atomic mass is 10.0. The number of anilines is 1. The highest BCUT2D eigenvalue weighted by molar-refractivity contribution is 7.17. The average Bonchev–Trinajstić information content (AvgIpc) is 3.37. The number of hydrogen-bond acceptors (Lipinski definition) is 4. The van der Waals surface area contributed by atoms with Gasteiger partial charge in [0.15, 0.2) is 0 Å². The quantitative estimate of drug-likeness (QED) is 0.511. The van der Waals surface area contributed by atoms with Gasteiger partial charge in [-0.2, -0.15) is 0 Å². The Bertz CT molecular complexity index is 1240. The Balaban J connectivity index is 1.50. The monoisotopic (exact) mass is 375 g/mol. The average molecular weight is 375 g/mol. The first-order chi connectivity index (χ1) is 13.1. The van der Waals surface area contributed by atoms with E-state index < -0.39 is 0 Å². The van der Waals surface area contributed by atoms with Crippen molar-refractivity contribution in [2.45, 2.75) is 13.3 Å². The van der Waals surface area contributed by atoms with E-state index in [4.69, 9.17) is 0 Å². The Morgan fingerprint density at radius 2 is 2.33 bits per heavy atom. The molecule has 1 aromatic carbocycles. The van der Waals surface area contributed by atoms with Crippen molar-refractivity contribution in [1.29, 1.82) is 0 Å². The zero-order chi connectivity index (χ0) is 18.5. The molecule has 1 aliphatic heterocycles. The number of H-pyrrole nitrogens is 1. The SMILES string of the molecule is Cc1csc2c(O)cc3c(c12)CCN3C(=O)/C=C/c1c[nH]c2ncccc12. The molecular weight excluding hydrogens is 358 g/mol. The fourth-order valence-electron chi connectivity index (χ4n) is 3.85. The molecule has 0 fully saturated rings. The summed E-state index contributed by atoms with van der Waals surface area (Å²) >= 11 is 1.55. The maximum atomic E-state index is 12.8. The van der Waals surface area contributed by atoms with E-state index in [2.05, 4.69) is 15.3 Å². The summed E-state index contributed by atoms with van der Waals surface area (Å²) in [7, 11) is 0. The van der Waals surface area contributed by atoms with Gasteiger partial charge in [0.1, 0.15) is 11.4 Å². The van der Waals surface area contributed by atoms with Crippen LogP contribution >= 0.6 is 11.3 Å². The van der Waals surface area contributed by atoms with Gasteiger partial charge in [0, 0.05) is 47.4 Å². The predicted molar refractivity (Wildman–Crippen MR) is 109 cm³/mol. The van der Waals surface area contributed by atoms with Crippen LogP contribution < -0.4 is 4.90 Å². The van der Waals surface area contributed by atoms with Crippen molar-refractivity contribution in [2.75, 3.05) is 11.4 Å². The summed E-state index contributed by atoms with van der Waals surface area (Å²) in [6.07, 6.45) is 7.80. The van der Waals surface area contributed by atoms with Crippen molar-refractivity contribution in [2.24, 2.45) is 0 Å². The maximum Gasteiger partial charge on any atom is 0.251 e. The summed E-state index contributed by atoms with van der Waals surface area (Å²) < 4.78 is 0.905. The molecule has 0 bridgehead atoms. The molecule has 0 saturated carbocycles. The maximum absolute atomic E-state index is 12.8. The second-order valence-electron chi connectivity index (χ2n) is 6.73. The number of carbonyl (C=O) groups is 1. The van der Waals surface area contributed by atoms with Gasteiger partial charge in [-0.05, 0) is 48.1 Å². The number of amides is 1. The number of aromatic nitrogens is 2. The van der Waals surface area contributed by atoms with Crippen molar-refractivity contribution >= 4 is 50.1 Å². The first-order valence-electron chi connectivity index (χ1n) is 8.78. The Hall–Kier alpha value is -3.12. The molecule has 1 aliphatic rings. The highest BCUT2D eigenvalue weighted by Crippen LogP contribution is 2.43. The third-order valence-corrected chi connectivity index (χ3v) is 6.24. The number of aromatic hydroxyl groups is 1. The number of carbonyl (C=O) groups excluding carboxylic acids is 1. The van der Waals surface area contributed by atoms with E-state index in [0.717, 1.165) is 49.9 Å². The number of fused-ring (bicyclic) bond motifs is 4. The standard InChI is InChI=1S/C21H17N3O2S/c1-12-11-27-20-17(25)9-16-15(19(12)20)6-8-24(16)18(26)5-4-13-10-23-21-14(13)3-2-7-22-21/h2-5,7,9-11,25H,6,8H2,1H3,(H,22,23)/b5-4+. The second kappa shape index (κ2) is 5.96. The summed E-state index contributed by atoms with van der Waals surface area (Å²) in [6, 6.07) is 5.58. The lowest BCUT2D eigenvalue weighted by Crippen LogP contribution is -2.26. The van der Waals surface area contributed by atoms with Crippen LogP contribution in [0.3, 0.4) is 0 Å². The number of pyridine rings is 1. The van der Waals surface area contributed by atoms with E-state index in [1.54, 1.807) is 34.6 Å². The highest BCUT2D eigenvalue weighted by atomic mass is 32.1. The molecule has 5 rings (SSSR count).